The summed E-state index contributed by atoms with van der Waals surface area (Å²) in [6, 6.07) is 0. The van der Waals surface area contributed by atoms with Gasteiger partial charge in [-0.2, -0.15) is 0 Å². The molecule has 1 heteroatoms. The minimum absolute atomic E-state index is 0. The zero-order chi connectivity index (χ0) is 12.5. The first-order chi connectivity index (χ1) is 7.83. The largest absolute Gasteiger partial charge is 0.412 e. The number of hydrogen-bond donors (Lipinski definition) is 0. The lowest BCUT2D eigenvalue weighted by atomic mass is 10.1. The second kappa shape index (κ2) is 25.0. The van der Waals surface area contributed by atoms with Gasteiger partial charge in [-0.1, -0.05) is 105 Å². The van der Waals surface area contributed by atoms with Gasteiger partial charge in [0.05, 0.1) is 0 Å². The maximum Gasteiger partial charge on any atom is -0.0533 e. The lowest BCUT2D eigenvalue weighted by Crippen LogP contribution is -1.73. The first-order valence-corrected chi connectivity index (χ1v) is 7.83. The summed E-state index contributed by atoms with van der Waals surface area (Å²) in [5, 5.41) is 0. The molecule has 0 radical (unpaired) electrons. The average molecular weight is 246 g/mol. The van der Waals surface area contributed by atoms with Crippen molar-refractivity contribution in [2.24, 2.45) is 0 Å². The Morgan fingerprint density at radius 3 is 0.647 bits per heavy atom. The number of hydrogen-bond acceptors (Lipinski definition) is 0. The topological polar surface area (TPSA) is 31.5 Å². The molecule has 0 fully saturated rings. The van der Waals surface area contributed by atoms with Gasteiger partial charge in [-0.3, -0.25) is 0 Å². The van der Waals surface area contributed by atoms with E-state index in [4.69, 9.17) is 0 Å². The van der Waals surface area contributed by atoms with E-state index in [-0.39, 0.29) is 5.48 Å². The van der Waals surface area contributed by atoms with Crippen LogP contribution in [0.1, 0.15) is 105 Å². The van der Waals surface area contributed by atoms with Gasteiger partial charge in [-0.05, 0) is 0 Å². The first kappa shape index (κ1) is 22.2. The third-order valence-corrected chi connectivity index (χ3v) is 2.91. The molecular weight excluding hydrogens is 208 g/mol. The van der Waals surface area contributed by atoms with E-state index in [1.807, 2.05) is 0 Å². The third-order valence-electron chi connectivity index (χ3n) is 2.91. The van der Waals surface area contributed by atoms with Gasteiger partial charge < -0.3 is 5.48 Å². The molecule has 0 heterocycles. The van der Waals surface area contributed by atoms with Crippen molar-refractivity contribution in [1.29, 1.82) is 0 Å². The Kier molecular flexibility index (Phi) is 32.6. The SMILES string of the molecule is CCCCCCCC.CCCCCCCC.O. The zero-order valence-electron chi connectivity index (χ0n) is 13.0. The summed E-state index contributed by atoms with van der Waals surface area (Å²) in [7, 11) is 0. The Labute approximate surface area is 111 Å². The summed E-state index contributed by atoms with van der Waals surface area (Å²) in [6.45, 7) is 9.02. The molecule has 0 aromatic heterocycles. The van der Waals surface area contributed by atoms with Crippen LogP contribution >= 0.6 is 0 Å². The van der Waals surface area contributed by atoms with Crippen molar-refractivity contribution in [3.63, 3.8) is 0 Å². The predicted octanol–water partition coefficient (Wildman–Crippen LogP) is 5.91. The highest BCUT2D eigenvalue weighted by Crippen LogP contribution is 2.03. The van der Waals surface area contributed by atoms with Crippen molar-refractivity contribution in [3.8, 4) is 0 Å². The Morgan fingerprint density at radius 2 is 0.529 bits per heavy atom. The molecular formula is C16H38O. The summed E-state index contributed by atoms with van der Waals surface area (Å²) in [5.74, 6) is 0. The van der Waals surface area contributed by atoms with E-state index in [0.29, 0.717) is 0 Å². The molecule has 2 N–H and O–H groups in total. The molecule has 1 nitrogen and oxygen atoms in total. The van der Waals surface area contributed by atoms with Crippen LogP contribution in [0.25, 0.3) is 0 Å². The molecule has 0 rings (SSSR count). The Morgan fingerprint density at radius 1 is 0.353 bits per heavy atom. The maximum atomic E-state index is 2.26. The second-order valence-corrected chi connectivity index (χ2v) is 4.83. The monoisotopic (exact) mass is 246 g/mol. The van der Waals surface area contributed by atoms with E-state index in [2.05, 4.69) is 27.7 Å². The average Bonchev–Trinajstić information content (AvgIpc) is 2.31. The zero-order valence-corrected chi connectivity index (χ0v) is 13.0. The normalized spacial score (nSPS) is 9.18. The van der Waals surface area contributed by atoms with Gasteiger partial charge in [0.2, 0.25) is 0 Å². The van der Waals surface area contributed by atoms with Crippen LogP contribution in [0, 0.1) is 0 Å². The fraction of sp³-hybridized carbons (Fsp3) is 1.00. The van der Waals surface area contributed by atoms with Crippen LogP contribution in [0.5, 0.6) is 0 Å². The van der Waals surface area contributed by atoms with Gasteiger partial charge in [0.1, 0.15) is 0 Å². The fourth-order valence-electron chi connectivity index (χ4n) is 1.71. The summed E-state index contributed by atoms with van der Waals surface area (Å²) in [5.41, 5.74) is 0. The van der Waals surface area contributed by atoms with Gasteiger partial charge in [0.15, 0.2) is 0 Å². The van der Waals surface area contributed by atoms with Crippen LogP contribution in [0.2, 0.25) is 0 Å². The molecule has 0 saturated heterocycles. The Bertz CT molecular complexity index is 67.5. The molecule has 0 aliphatic heterocycles. The van der Waals surface area contributed by atoms with Crippen LogP contribution < -0.4 is 0 Å². The molecule has 0 aliphatic carbocycles. The van der Waals surface area contributed by atoms with E-state index in [1.165, 1.54) is 77.0 Å². The molecule has 0 bridgehead atoms. The van der Waals surface area contributed by atoms with Crippen molar-refractivity contribution in [2.75, 3.05) is 0 Å². The Hall–Kier alpha value is -0.0400. The maximum absolute atomic E-state index is 2.26. The van der Waals surface area contributed by atoms with Crippen molar-refractivity contribution < 1.29 is 5.48 Å². The van der Waals surface area contributed by atoms with Gasteiger partial charge in [0.25, 0.3) is 0 Å². The smallest absolute Gasteiger partial charge is 0.0533 e. The predicted molar refractivity (Wildman–Crippen MR) is 81.7 cm³/mol. The lowest BCUT2D eigenvalue weighted by Gasteiger charge is -1.93. The molecule has 0 saturated carbocycles. The van der Waals surface area contributed by atoms with Crippen LogP contribution in [0.4, 0.5) is 0 Å². The van der Waals surface area contributed by atoms with Gasteiger partial charge >= 0.3 is 0 Å². The van der Waals surface area contributed by atoms with E-state index in [0.717, 1.165) is 0 Å². The second-order valence-electron chi connectivity index (χ2n) is 4.83. The summed E-state index contributed by atoms with van der Waals surface area (Å²) in [6.07, 6.45) is 17.0. The summed E-state index contributed by atoms with van der Waals surface area (Å²) < 4.78 is 0. The quantitative estimate of drug-likeness (QED) is 0.429. The summed E-state index contributed by atoms with van der Waals surface area (Å²) >= 11 is 0. The van der Waals surface area contributed by atoms with E-state index in [1.54, 1.807) is 0 Å². The number of rotatable bonds is 10. The van der Waals surface area contributed by atoms with Crippen LogP contribution in [-0.2, 0) is 0 Å². The molecule has 0 unspecified atom stereocenters. The first-order valence-electron chi connectivity index (χ1n) is 7.83. The molecule has 17 heavy (non-hydrogen) atoms. The highest BCUT2D eigenvalue weighted by molar-refractivity contribution is 4.39. The van der Waals surface area contributed by atoms with Crippen molar-refractivity contribution in [2.45, 2.75) is 105 Å². The third kappa shape index (κ3) is 31.4. The van der Waals surface area contributed by atoms with E-state index in [9.17, 15) is 0 Å². The van der Waals surface area contributed by atoms with E-state index < -0.39 is 0 Å². The highest BCUT2D eigenvalue weighted by Gasteiger charge is 1.84. The van der Waals surface area contributed by atoms with Crippen LogP contribution in [0.15, 0.2) is 0 Å². The fourth-order valence-corrected chi connectivity index (χ4v) is 1.71. The van der Waals surface area contributed by atoms with Gasteiger partial charge in [-0.25, -0.2) is 0 Å². The molecule has 0 aliphatic rings. The lowest BCUT2D eigenvalue weighted by molar-refractivity contribution is 0.624. The number of unbranched alkanes of at least 4 members (excludes halogenated alkanes) is 10. The molecule has 0 aromatic carbocycles. The molecule has 108 valence electrons. The van der Waals surface area contributed by atoms with Gasteiger partial charge in [0, 0.05) is 0 Å². The van der Waals surface area contributed by atoms with E-state index >= 15 is 0 Å². The minimum atomic E-state index is 0. The summed E-state index contributed by atoms with van der Waals surface area (Å²) in [4.78, 5) is 0. The van der Waals surface area contributed by atoms with Crippen molar-refractivity contribution in [3.05, 3.63) is 0 Å². The molecule has 0 atom stereocenters. The van der Waals surface area contributed by atoms with Crippen molar-refractivity contribution in [1.82, 2.24) is 0 Å². The standard InChI is InChI=1S/2C8H18.H2O/c2*1-3-5-7-8-6-4-2;/h2*3-8H2,1-2H3;1H2. The highest BCUT2D eigenvalue weighted by atomic mass is 16.0. The molecule has 0 amide bonds. The van der Waals surface area contributed by atoms with Crippen LogP contribution in [0.3, 0.4) is 0 Å². The molecule has 0 spiro atoms. The van der Waals surface area contributed by atoms with Crippen molar-refractivity contribution >= 4 is 0 Å². The minimum Gasteiger partial charge on any atom is -0.412 e. The molecule has 0 aromatic rings. The Balaban J connectivity index is -0.000000218. The van der Waals surface area contributed by atoms with Gasteiger partial charge in [-0.15, -0.1) is 0 Å². The van der Waals surface area contributed by atoms with Crippen LogP contribution in [-0.4, -0.2) is 5.48 Å².